The van der Waals surface area contributed by atoms with E-state index in [9.17, 15) is 13.2 Å². The second-order valence-corrected chi connectivity index (χ2v) is 4.57. The number of aryl methyl sites for hydroxylation is 1. The van der Waals surface area contributed by atoms with Crippen LogP contribution in [-0.4, -0.2) is 7.11 Å². The minimum atomic E-state index is -4.48. The Morgan fingerprint density at radius 1 is 1.10 bits per heavy atom. The fourth-order valence-corrected chi connectivity index (χ4v) is 1.97. The first-order chi connectivity index (χ1) is 9.82. The molecule has 0 aromatic heterocycles. The summed E-state index contributed by atoms with van der Waals surface area (Å²) in [5.74, 6) is 0.676. The monoisotopic (exact) mass is 296 g/mol. The number of ether oxygens (including phenoxy) is 1. The fraction of sp³-hybridized carbons (Fsp3) is 0.200. The number of methoxy groups -OCH3 is 1. The highest BCUT2D eigenvalue weighted by atomic mass is 19.4. The van der Waals surface area contributed by atoms with Gasteiger partial charge in [-0.2, -0.15) is 13.2 Å². The lowest BCUT2D eigenvalue weighted by Gasteiger charge is -2.16. The minimum Gasteiger partial charge on any atom is -0.497 e. The summed E-state index contributed by atoms with van der Waals surface area (Å²) in [5, 5.41) is 2.92. The quantitative estimate of drug-likeness (QED) is 0.828. The summed E-state index contributed by atoms with van der Waals surface area (Å²) in [6.07, 6.45) is -4.48. The van der Waals surface area contributed by atoms with E-state index in [0.29, 0.717) is 11.4 Å². The molecule has 3 nitrogen and oxygen atoms in total. The van der Waals surface area contributed by atoms with Gasteiger partial charge in [0.1, 0.15) is 5.75 Å². The first-order valence-corrected chi connectivity index (χ1v) is 6.20. The molecule has 6 heteroatoms. The van der Waals surface area contributed by atoms with Crippen LogP contribution in [0.5, 0.6) is 5.75 Å². The Labute approximate surface area is 120 Å². The Morgan fingerprint density at radius 2 is 1.81 bits per heavy atom. The number of nitrogens with one attached hydrogen (secondary N) is 1. The number of anilines is 3. The molecule has 0 bridgehead atoms. The number of nitrogens with two attached hydrogens (primary N) is 1. The molecule has 0 fully saturated rings. The molecule has 0 aliphatic heterocycles. The highest BCUT2D eigenvalue weighted by Gasteiger charge is 2.33. The third-order valence-electron chi connectivity index (χ3n) is 3.11. The molecule has 0 spiro atoms. The van der Waals surface area contributed by atoms with Crippen LogP contribution < -0.4 is 15.8 Å². The molecule has 2 aromatic carbocycles. The SMILES string of the molecule is COc1ccc(Nc2cccc(C(F)(F)F)c2N)c(C)c1. The van der Waals surface area contributed by atoms with Gasteiger partial charge in [-0.3, -0.25) is 0 Å². The second-order valence-electron chi connectivity index (χ2n) is 4.57. The highest BCUT2D eigenvalue weighted by Crippen LogP contribution is 2.38. The number of hydrogen-bond acceptors (Lipinski definition) is 3. The lowest BCUT2D eigenvalue weighted by molar-refractivity contribution is -0.136. The van der Waals surface area contributed by atoms with Crippen LogP contribution in [0.15, 0.2) is 36.4 Å². The number of hydrogen-bond donors (Lipinski definition) is 2. The summed E-state index contributed by atoms with van der Waals surface area (Å²) < 4.78 is 43.6. The van der Waals surface area contributed by atoms with E-state index in [1.807, 2.05) is 6.92 Å². The largest absolute Gasteiger partial charge is 0.497 e. The van der Waals surface area contributed by atoms with E-state index < -0.39 is 11.7 Å². The number of para-hydroxylation sites is 1. The smallest absolute Gasteiger partial charge is 0.418 e. The Balaban J connectivity index is 2.37. The van der Waals surface area contributed by atoms with E-state index in [1.54, 1.807) is 25.3 Å². The summed E-state index contributed by atoms with van der Waals surface area (Å²) in [6, 6.07) is 9.02. The molecular formula is C15H15F3N2O. The average Bonchev–Trinajstić information content (AvgIpc) is 2.41. The maximum absolute atomic E-state index is 12.8. The Morgan fingerprint density at radius 3 is 2.38 bits per heavy atom. The van der Waals surface area contributed by atoms with Crippen molar-refractivity contribution in [1.82, 2.24) is 0 Å². The summed E-state index contributed by atoms with van der Waals surface area (Å²) in [7, 11) is 1.55. The fourth-order valence-electron chi connectivity index (χ4n) is 1.97. The number of alkyl halides is 3. The van der Waals surface area contributed by atoms with Crippen LogP contribution in [0.3, 0.4) is 0 Å². The Bertz CT molecular complexity index is 654. The van der Waals surface area contributed by atoms with Gasteiger partial charge in [0, 0.05) is 5.69 Å². The number of nitrogen functional groups attached to an aromatic ring is 1. The molecule has 2 aromatic rings. The van der Waals surface area contributed by atoms with E-state index in [-0.39, 0.29) is 11.4 Å². The van der Waals surface area contributed by atoms with E-state index in [0.717, 1.165) is 11.6 Å². The predicted molar refractivity (Wildman–Crippen MR) is 76.9 cm³/mol. The lowest BCUT2D eigenvalue weighted by atomic mass is 10.1. The van der Waals surface area contributed by atoms with Gasteiger partial charge in [-0.15, -0.1) is 0 Å². The van der Waals surface area contributed by atoms with Gasteiger partial charge in [0.25, 0.3) is 0 Å². The Kier molecular flexibility index (Phi) is 3.97. The molecule has 0 amide bonds. The zero-order valence-electron chi connectivity index (χ0n) is 11.6. The highest BCUT2D eigenvalue weighted by molar-refractivity contribution is 5.76. The maximum atomic E-state index is 12.8. The van der Waals surface area contributed by atoms with Crippen LogP contribution >= 0.6 is 0 Å². The van der Waals surface area contributed by atoms with Crippen molar-refractivity contribution in [1.29, 1.82) is 0 Å². The van der Waals surface area contributed by atoms with E-state index >= 15 is 0 Å². The molecule has 0 heterocycles. The molecule has 21 heavy (non-hydrogen) atoms. The van der Waals surface area contributed by atoms with Gasteiger partial charge in [0.05, 0.1) is 24.0 Å². The molecule has 0 aliphatic rings. The van der Waals surface area contributed by atoms with Crippen molar-refractivity contribution in [2.75, 3.05) is 18.2 Å². The van der Waals surface area contributed by atoms with Crippen LogP contribution in [0.2, 0.25) is 0 Å². The molecule has 112 valence electrons. The first kappa shape index (κ1) is 15.0. The molecule has 0 atom stereocenters. The number of rotatable bonds is 3. The molecule has 0 radical (unpaired) electrons. The first-order valence-electron chi connectivity index (χ1n) is 6.20. The van der Waals surface area contributed by atoms with Gasteiger partial charge >= 0.3 is 6.18 Å². The molecule has 2 rings (SSSR count). The summed E-state index contributed by atoms with van der Waals surface area (Å²) in [6.45, 7) is 1.83. The predicted octanol–water partition coefficient (Wildman–Crippen LogP) is 4.35. The van der Waals surface area contributed by atoms with Gasteiger partial charge < -0.3 is 15.8 Å². The third kappa shape index (κ3) is 3.21. The van der Waals surface area contributed by atoms with E-state index in [2.05, 4.69) is 5.32 Å². The van der Waals surface area contributed by atoms with Crippen molar-refractivity contribution < 1.29 is 17.9 Å². The van der Waals surface area contributed by atoms with Crippen molar-refractivity contribution in [3.63, 3.8) is 0 Å². The zero-order chi connectivity index (χ0) is 15.6. The van der Waals surface area contributed by atoms with Crippen molar-refractivity contribution in [2.24, 2.45) is 0 Å². The molecule has 0 saturated carbocycles. The standard InChI is InChI=1S/C15H15F3N2O/c1-9-8-10(21-2)6-7-12(9)20-13-5-3-4-11(14(13)19)15(16,17)18/h3-8,20H,19H2,1-2H3. The number of halogens is 3. The molecule has 0 aliphatic carbocycles. The van der Waals surface area contributed by atoms with Gasteiger partial charge in [-0.25, -0.2) is 0 Å². The molecule has 0 saturated heterocycles. The maximum Gasteiger partial charge on any atom is 0.418 e. The molecule has 3 N–H and O–H groups in total. The van der Waals surface area contributed by atoms with Crippen molar-refractivity contribution in [2.45, 2.75) is 13.1 Å². The van der Waals surface area contributed by atoms with Crippen molar-refractivity contribution in [3.05, 3.63) is 47.5 Å². The van der Waals surface area contributed by atoms with E-state index in [4.69, 9.17) is 10.5 Å². The van der Waals surface area contributed by atoms with Crippen molar-refractivity contribution >= 4 is 17.1 Å². The van der Waals surface area contributed by atoms with Gasteiger partial charge in [-0.05, 0) is 42.8 Å². The van der Waals surface area contributed by atoms with Crippen LogP contribution in [-0.2, 0) is 6.18 Å². The Hall–Kier alpha value is -2.37. The zero-order valence-corrected chi connectivity index (χ0v) is 11.6. The molecule has 0 unspecified atom stereocenters. The van der Waals surface area contributed by atoms with Crippen molar-refractivity contribution in [3.8, 4) is 5.75 Å². The second kappa shape index (κ2) is 5.55. The lowest BCUT2D eigenvalue weighted by Crippen LogP contribution is -2.10. The average molecular weight is 296 g/mol. The van der Waals surface area contributed by atoms with Gasteiger partial charge in [-0.1, -0.05) is 6.07 Å². The number of benzene rings is 2. The summed E-state index contributed by atoms with van der Waals surface area (Å²) in [4.78, 5) is 0. The normalized spacial score (nSPS) is 11.3. The van der Waals surface area contributed by atoms with Crippen LogP contribution in [0.25, 0.3) is 0 Å². The van der Waals surface area contributed by atoms with Crippen LogP contribution in [0, 0.1) is 6.92 Å². The topological polar surface area (TPSA) is 47.3 Å². The minimum absolute atomic E-state index is 0.220. The van der Waals surface area contributed by atoms with Crippen LogP contribution in [0.1, 0.15) is 11.1 Å². The van der Waals surface area contributed by atoms with Gasteiger partial charge in [0.15, 0.2) is 0 Å². The van der Waals surface area contributed by atoms with Crippen LogP contribution in [0.4, 0.5) is 30.2 Å². The summed E-state index contributed by atoms with van der Waals surface area (Å²) >= 11 is 0. The third-order valence-corrected chi connectivity index (χ3v) is 3.11. The van der Waals surface area contributed by atoms with Gasteiger partial charge in [0.2, 0.25) is 0 Å². The van der Waals surface area contributed by atoms with E-state index in [1.165, 1.54) is 12.1 Å². The molecular weight excluding hydrogens is 281 g/mol. The summed E-state index contributed by atoms with van der Waals surface area (Å²) in [5.41, 5.74) is 6.18.